The highest BCUT2D eigenvalue weighted by Crippen LogP contribution is 2.23. The standard InChI is InChI=1S/C18H17N3O4S/c1-25-10-9-20-15-8-7-14(21(23)24)12-16(15)26-18(20)19-17(22)11-13-5-3-2-4-6-13/h2-8,12H,9-11H2,1H3. The summed E-state index contributed by atoms with van der Waals surface area (Å²) < 4.78 is 7.70. The van der Waals surface area contributed by atoms with Gasteiger partial charge in [0.1, 0.15) is 0 Å². The lowest BCUT2D eigenvalue weighted by Crippen LogP contribution is -2.19. The van der Waals surface area contributed by atoms with E-state index in [9.17, 15) is 14.9 Å². The minimum atomic E-state index is -0.434. The van der Waals surface area contributed by atoms with E-state index in [-0.39, 0.29) is 18.0 Å². The zero-order valence-electron chi connectivity index (χ0n) is 14.1. The Morgan fingerprint density at radius 3 is 2.73 bits per heavy atom. The molecule has 26 heavy (non-hydrogen) atoms. The summed E-state index contributed by atoms with van der Waals surface area (Å²) in [6, 6.07) is 14.0. The molecule has 0 fully saturated rings. The molecule has 0 spiro atoms. The van der Waals surface area contributed by atoms with E-state index < -0.39 is 4.92 Å². The van der Waals surface area contributed by atoms with Crippen molar-refractivity contribution in [2.45, 2.75) is 13.0 Å². The molecule has 0 saturated carbocycles. The summed E-state index contributed by atoms with van der Waals surface area (Å²) in [7, 11) is 1.59. The number of non-ortho nitro benzene ring substituents is 1. The lowest BCUT2D eigenvalue weighted by molar-refractivity contribution is -0.384. The highest BCUT2D eigenvalue weighted by Gasteiger charge is 2.13. The van der Waals surface area contributed by atoms with Crippen LogP contribution in [0.15, 0.2) is 53.5 Å². The second-order valence-electron chi connectivity index (χ2n) is 5.61. The summed E-state index contributed by atoms with van der Waals surface area (Å²) in [5, 5.41) is 11.0. The number of amides is 1. The Hall–Kier alpha value is -2.84. The number of nitro benzene ring substituents is 1. The molecule has 2 aromatic carbocycles. The lowest BCUT2D eigenvalue weighted by Gasteiger charge is -2.04. The maximum absolute atomic E-state index is 12.3. The SMILES string of the molecule is COCCn1c(=NC(=O)Cc2ccccc2)sc2cc([N+](=O)[O-])ccc21. The van der Waals surface area contributed by atoms with Gasteiger partial charge in [0, 0.05) is 25.8 Å². The van der Waals surface area contributed by atoms with E-state index in [4.69, 9.17) is 4.74 Å². The van der Waals surface area contributed by atoms with E-state index in [0.29, 0.717) is 22.7 Å². The van der Waals surface area contributed by atoms with Crippen molar-refractivity contribution in [3.8, 4) is 0 Å². The predicted octanol–water partition coefficient (Wildman–Crippen LogP) is 2.93. The molecule has 7 nitrogen and oxygen atoms in total. The van der Waals surface area contributed by atoms with Crippen LogP contribution in [0.1, 0.15) is 5.56 Å². The minimum absolute atomic E-state index is 0.0137. The molecule has 0 atom stereocenters. The molecule has 0 aliphatic rings. The van der Waals surface area contributed by atoms with Gasteiger partial charge in [-0.2, -0.15) is 4.99 Å². The molecule has 0 aliphatic heterocycles. The number of aromatic nitrogens is 1. The highest BCUT2D eigenvalue weighted by molar-refractivity contribution is 7.16. The fraction of sp³-hybridized carbons (Fsp3) is 0.222. The fourth-order valence-electron chi connectivity index (χ4n) is 2.58. The van der Waals surface area contributed by atoms with Gasteiger partial charge in [-0.05, 0) is 11.6 Å². The molecule has 0 unspecified atom stereocenters. The zero-order valence-corrected chi connectivity index (χ0v) is 14.9. The number of hydrogen-bond donors (Lipinski definition) is 0. The second-order valence-corrected chi connectivity index (χ2v) is 6.62. The Morgan fingerprint density at radius 1 is 1.27 bits per heavy atom. The third kappa shape index (κ3) is 4.04. The van der Waals surface area contributed by atoms with Crippen molar-refractivity contribution in [3.05, 3.63) is 69.0 Å². The Kier molecular flexibility index (Phi) is 5.55. The third-order valence-electron chi connectivity index (χ3n) is 3.81. The van der Waals surface area contributed by atoms with Crippen molar-refractivity contribution in [2.24, 2.45) is 4.99 Å². The van der Waals surface area contributed by atoms with Gasteiger partial charge in [-0.1, -0.05) is 41.7 Å². The lowest BCUT2D eigenvalue weighted by atomic mass is 10.1. The maximum Gasteiger partial charge on any atom is 0.270 e. The zero-order chi connectivity index (χ0) is 18.5. The van der Waals surface area contributed by atoms with Crippen LogP contribution in [0.4, 0.5) is 5.69 Å². The number of methoxy groups -OCH3 is 1. The van der Waals surface area contributed by atoms with Gasteiger partial charge in [-0.3, -0.25) is 14.9 Å². The van der Waals surface area contributed by atoms with Crippen molar-refractivity contribution < 1.29 is 14.5 Å². The highest BCUT2D eigenvalue weighted by atomic mass is 32.1. The summed E-state index contributed by atoms with van der Waals surface area (Å²) in [4.78, 5) is 27.7. The topological polar surface area (TPSA) is 86.7 Å². The van der Waals surface area contributed by atoms with Crippen molar-refractivity contribution in [2.75, 3.05) is 13.7 Å². The number of benzene rings is 2. The summed E-state index contributed by atoms with van der Waals surface area (Å²) in [5.41, 5.74) is 1.70. The van der Waals surface area contributed by atoms with Crippen LogP contribution < -0.4 is 4.80 Å². The Bertz CT molecular complexity index is 1010. The van der Waals surface area contributed by atoms with Crippen LogP contribution in [0, 0.1) is 10.1 Å². The third-order valence-corrected chi connectivity index (χ3v) is 4.86. The molecule has 0 radical (unpaired) electrons. The number of fused-ring (bicyclic) bond motifs is 1. The van der Waals surface area contributed by atoms with Gasteiger partial charge in [0.15, 0.2) is 4.80 Å². The molecule has 8 heteroatoms. The van der Waals surface area contributed by atoms with E-state index in [1.165, 1.54) is 23.5 Å². The molecule has 3 aromatic rings. The van der Waals surface area contributed by atoms with Crippen molar-refractivity contribution in [1.29, 1.82) is 0 Å². The summed E-state index contributed by atoms with van der Waals surface area (Å²) in [6.07, 6.45) is 0.208. The first-order valence-corrected chi connectivity index (χ1v) is 8.78. The first-order valence-electron chi connectivity index (χ1n) is 7.96. The number of nitro groups is 1. The normalized spacial score (nSPS) is 11.8. The van der Waals surface area contributed by atoms with Gasteiger partial charge in [0.2, 0.25) is 0 Å². The summed E-state index contributed by atoms with van der Waals surface area (Å²) in [5.74, 6) is -0.261. The number of thiazole rings is 1. The van der Waals surface area contributed by atoms with E-state index in [1.54, 1.807) is 13.2 Å². The van der Waals surface area contributed by atoms with E-state index in [1.807, 2.05) is 34.9 Å². The van der Waals surface area contributed by atoms with Crippen LogP contribution >= 0.6 is 11.3 Å². The van der Waals surface area contributed by atoms with E-state index in [0.717, 1.165) is 11.1 Å². The molecule has 3 rings (SSSR count). The van der Waals surface area contributed by atoms with Crippen molar-refractivity contribution in [1.82, 2.24) is 4.57 Å². The number of carbonyl (C=O) groups is 1. The van der Waals surface area contributed by atoms with E-state index in [2.05, 4.69) is 4.99 Å². The number of ether oxygens (including phenoxy) is 1. The molecule has 1 heterocycles. The van der Waals surface area contributed by atoms with Gasteiger partial charge in [0.25, 0.3) is 11.6 Å². The average molecular weight is 371 g/mol. The molecule has 0 N–H and O–H groups in total. The molecule has 1 aromatic heterocycles. The molecule has 0 bridgehead atoms. The van der Waals surface area contributed by atoms with Crippen LogP contribution in [0.3, 0.4) is 0 Å². The molecule has 0 aliphatic carbocycles. The predicted molar refractivity (Wildman–Crippen MR) is 99.1 cm³/mol. The second kappa shape index (κ2) is 8.03. The smallest absolute Gasteiger partial charge is 0.270 e. The molecular formula is C18H17N3O4S. The van der Waals surface area contributed by atoms with Crippen molar-refractivity contribution >= 4 is 33.1 Å². The summed E-state index contributed by atoms with van der Waals surface area (Å²) >= 11 is 1.26. The van der Waals surface area contributed by atoms with Crippen LogP contribution in [-0.4, -0.2) is 29.1 Å². The summed E-state index contributed by atoms with van der Waals surface area (Å²) in [6.45, 7) is 0.953. The molecule has 1 amide bonds. The van der Waals surface area contributed by atoms with Crippen LogP contribution in [0.5, 0.6) is 0 Å². The maximum atomic E-state index is 12.3. The van der Waals surface area contributed by atoms with Gasteiger partial charge in [0.05, 0.1) is 28.2 Å². The Labute approximate surface area is 153 Å². The average Bonchev–Trinajstić information content (AvgIpc) is 2.96. The van der Waals surface area contributed by atoms with Gasteiger partial charge < -0.3 is 9.30 Å². The number of nitrogens with zero attached hydrogens (tertiary/aromatic N) is 3. The van der Waals surface area contributed by atoms with Gasteiger partial charge in [-0.15, -0.1) is 0 Å². The van der Waals surface area contributed by atoms with Crippen LogP contribution in [0.2, 0.25) is 0 Å². The molecule has 134 valence electrons. The molecule has 0 saturated heterocycles. The quantitative estimate of drug-likeness (QED) is 0.492. The largest absolute Gasteiger partial charge is 0.383 e. The van der Waals surface area contributed by atoms with Crippen molar-refractivity contribution in [3.63, 3.8) is 0 Å². The fourth-order valence-corrected chi connectivity index (χ4v) is 3.68. The number of carbonyl (C=O) groups excluding carboxylic acids is 1. The van der Waals surface area contributed by atoms with Crippen LogP contribution in [-0.2, 0) is 22.5 Å². The van der Waals surface area contributed by atoms with Gasteiger partial charge in [-0.25, -0.2) is 0 Å². The van der Waals surface area contributed by atoms with Gasteiger partial charge >= 0.3 is 0 Å². The Balaban J connectivity index is 2.01. The Morgan fingerprint density at radius 2 is 2.04 bits per heavy atom. The first-order chi connectivity index (χ1) is 12.6. The molecular weight excluding hydrogens is 354 g/mol. The minimum Gasteiger partial charge on any atom is -0.383 e. The monoisotopic (exact) mass is 371 g/mol. The number of hydrogen-bond acceptors (Lipinski definition) is 5. The van der Waals surface area contributed by atoms with E-state index >= 15 is 0 Å². The number of rotatable bonds is 6. The van der Waals surface area contributed by atoms with Crippen LogP contribution in [0.25, 0.3) is 10.2 Å². The first kappa shape index (κ1) is 18.0.